The van der Waals surface area contributed by atoms with E-state index in [1.165, 1.54) is 0 Å². The second-order valence-corrected chi connectivity index (χ2v) is 4.25. The number of anilines is 2. The normalized spacial score (nSPS) is 10.4. The number of nitrogens with one attached hydrogen (secondary N) is 1. The smallest absolute Gasteiger partial charge is 0.238 e. The zero-order valence-electron chi connectivity index (χ0n) is 11.2. The number of nitrogens with two attached hydrogens (primary N) is 1. The zero-order valence-corrected chi connectivity index (χ0v) is 11.2. The Balaban J connectivity index is 2.64. The van der Waals surface area contributed by atoms with Crippen molar-refractivity contribution in [2.45, 2.75) is 13.3 Å². The van der Waals surface area contributed by atoms with Crippen LogP contribution in [0.5, 0.6) is 5.75 Å². The van der Waals surface area contributed by atoms with Gasteiger partial charge in [-0.15, -0.1) is 0 Å². The first-order chi connectivity index (χ1) is 8.56. The first kappa shape index (κ1) is 14.3. The summed E-state index contributed by atoms with van der Waals surface area (Å²) in [7, 11) is 3.47. The van der Waals surface area contributed by atoms with Crippen LogP contribution in [0.3, 0.4) is 0 Å². The Morgan fingerprint density at radius 3 is 2.83 bits per heavy atom. The number of rotatable bonds is 6. The van der Waals surface area contributed by atoms with Gasteiger partial charge in [-0.05, 0) is 32.1 Å². The van der Waals surface area contributed by atoms with Crippen molar-refractivity contribution < 1.29 is 9.53 Å². The minimum absolute atomic E-state index is 0.0611. The summed E-state index contributed by atoms with van der Waals surface area (Å²) in [5.41, 5.74) is 6.90. The van der Waals surface area contributed by atoms with Gasteiger partial charge in [0.1, 0.15) is 5.75 Å². The third kappa shape index (κ3) is 4.25. The minimum atomic E-state index is -0.0611. The molecule has 0 fully saturated rings. The van der Waals surface area contributed by atoms with Gasteiger partial charge < -0.3 is 15.8 Å². The highest BCUT2D eigenvalue weighted by atomic mass is 16.5. The van der Waals surface area contributed by atoms with Crippen LogP contribution in [0.1, 0.15) is 13.3 Å². The molecule has 1 aromatic carbocycles. The van der Waals surface area contributed by atoms with E-state index in [4.69, 9.17) is 10.5 Å². The number of methoxy groups -OCH3 is 1. The summed E-state index contributed by atoms with van der Waals surface area (Å²) in [6.07, 6.45) is 1.02. The molecule has 0 aromatic heterocycles. The SMILES string of the molecule is CCCN(C)CC(=O)Nc1ccc(N)cc1OC. The number of hydrogen-bond acceptors (Lipinski definition) is 4. The van der Waals surface area contributed by atoms with E-state index in [1.807, 2.05) is 11.9 Å². The molecule has 5 nitrogen and oxygen atoms in total. The molecule has 100 valence electrons. The zero-order chi connectivity index (χ0) is 13.5. The molecule has 0 spiro atoms. The van der Waals surface area contributed by atoms with E-state index in [-0.39, 0.29) is 5.91 Å². The van der Waals surface area contributed by atoms with Crippen LogP contribution in [0.15, 0.2) is 18.2 Å². The molecular weight excluding hydrogens is 230 g/mol. The summed E-state index contributed by atoms with van der Waals surface area (Å²) in [5, 5.41) is 2.82. The second kappa shape index (κ2) is 6.86. The fourth-order valence-electron chi connectivity index (χ4n) is 1.71. The van der Waals surface area contributed by atoms with Gasteiger partial charge >= 0.3 is 0 Å². The Morgan fingerprint density at radius 2 is 2.22 bits per heavy atom. The third-order valence-electron chi connectivity index (χ3n) is 2.52. The molecule has 1 aromatic rings. The van der Waals surface area contributed by atoms with Crippen LogP contribution in [0, 0.1) is 0 Å². The molecule has 0 aliphatic carbocycles. The highest BCUT2D eigenvalue weighted by molar-refractivity contribution is 5.94. The number of carbonyl (C=O) groups excluding carboxylic acids is 1. The summed E-state index contributed by atoms with van der Waals surface area (Å²) >= 11 is 0. The molecule has 5 heteroatoms. The average Bonchev–Trinajstić information content (AvgIpc) is 2.31. The average molecular weight is 251 g/mol. The molecular formula is C13H21N3O2. The molecule has 0 bridgehead atoms. The third-order valence-corrected chi connectivity index (χ3v) is 2.52. The molecule has 1 rings (SSSR count). The molecule has 18 heavy (non-hydrogen) atoms. The van der Waals surface area contributed by atoms with Crippen molar-refractivity contribution in [3.63, 3.8) is 0 Å². The van der Waals surface area contributed by atoms with E-state index in [0.717, 1.165) is 13.0 Å². The summed E-state index contributed by atoms with van der Waals surface area (Å²) in [5.74, 6) is 0.510. The largest absolute Gasteiger partial charge is 0.494 e. The highest BCUT2D eigenvalue weighted by Crippen LogP contribution is 2.26. The minimum Gasteiger partial charge on any atom is -0.494 e. The molecule has 3 N–H and O–H groups in total. The summed E-state index contributed by atoms with van der Waals surface area (Å²) in [6, 6.07) is 5.16. The maximum atomic E-state index is 11.8. The summed E-state index contributed by atoms with van der Waals surface area (Å²) in [6.45, 7) is 3.34. The van der Waals surface area contributed by atoms with Gasteiger partial charge in [0.2, 0.25) is 5.91 Å². The van der Waals surface area contributed by atoms with E-state index in [1.54, 1.807) is 25.3 Å². The summed E-state index contributed by atoms with van der Waals surface area (Å²) in [4.78, 5) is 13.8. The lowest BCUT2D eigenvalue weighted by molar-refractivity contribution is -0.117. The highest BCUT2D eigenvalue weighted by Gasteiger charge is 2.09. The van der Waals surface area contributed by atoms with Gasteiger partial charge in [-0.1, -0.05) is 6.92 Å². The van der Waals surface area contributed by atoms with Crippen LogP contribution in [-0.4, -0.2) is 38.1 Å². The van der Waals surface area contributed by atoms with Crippen LogP contribution < -0.4 is 15.8 Å². The number of amides is 1. The standard InChI is InChI=1S/C13H21N3O2/c1-4-7-16(2)9-13(17)15-11-6-5-10(14)8-12(11)18-3/h5-6,8H,4,7,9,14H2,1-3H3,(H,15,17). The molecule has 0 aliphatic heterocycles. The van der Waals surface area contributed by atoms with E-state index < -0.39 is 0 Å². The summed E-state index contributed by atoms with van der Waals surface area (Å²) < 4.78 is 5.17. The lowest BCUT2D eigenvalue weighted by atomic mass is 10.2. The van der Waals surface area contributed by atoms with Crippen LogP contribution >= 0.6 is 0 Å². The number of likely N-dealkylation sites (N-methyl/N-ethyl adjacent to an activating group) is 1. The molecule has 1 amide bonds. The Labute approximate surface area is 108 Å². The first-order valence-corrected chi connectivity index (χ1v) is 5.98. The van der Waals surface area contributed by atoms with Gasteiger partial charge in [-0.25, -0.2) is 0 Å². The predicted molar refractivity (Wildman–Crippen MR) is 73.8 cm³/mol. The maximum Gasteiger partial charge on any atom is 0.238 e. The lowest BCUT2D eigenvalue weighted by Crippen LogP contribution is -2.30. The van der Waals surface area contributed by atoms with Crippen molar-refractivity contribution in [1.29, 1.82) is 0 Å². The lowest BCUT2D eigenvalue weighted by Gasteiger charge is -2.16. The van der Waals surface area contributed by atoms with Crippen molar-refractivity contribution >= 4 is 17.3 Å². The van der Waals surface area contributed by atoms with E-state index in [0.29, 0.717) is 23.7 Å². The number of benzene rings is 1. The van der Waals surface area contributed by atoms with Crippen molar-refractivity contribution in [3.05, 3.63) is 18.2 Å². The predicted octanol–water partition coefficient (Wildman–Crippen LogP) is 1.56. The van der Waals surface area contributed by atoms with E-state index in [2.05, 4.69) is 12.2 Å². The van der Waals surface area contributed by atoms with Crippen molar-refractivity contribution in [1.82, 2.24) is 4.90 Å². The van der Waals surface area contributed by atoms with Crippen LogP contribution in [0.4, 0.5) is 11.4 Å². The van der Waals surface area contributed by atoms with Crippen LogP contribution in [0.25, 0.3) is 0 Å². The van der Waals surface area contributed by atoms with E-state index in [9.17, 15) is 4.79 Å². The van der Waals surface area contributed by atoms with Gasteiger partial charge in [0.05, 0.1) is 19.3 Å². The Kier molecular flexibility index (Phi) is 5.45. The monoisotopic (exact) mass is 251 g/mol. The van der Waals surface area contributed by atoms with Crippen molar-refractivity contribution in [3.8, 4) is 5.75 Å². The molecule has 0 saturated heterocycles. The molecule has 0 aliphatic rings. The van der Waals surface area contributed by atoms with E-state index >= 15 is 0 Å². The molecule has 0 unspecified atom stereocenters. The van der Waals surface area contributed by atoms with Gasteiger partial charge in [0.25, 0.3) is 0 Å². The van der Waals surface area contributed by atoms with Gasteiger partial charge in [-0.3, -0.25) is 9.69 Å². The quantitative estimate of drug-likeness (QED) is 0.753. The van der Waals surface area contributed by atoms with Crippen molar-refractivity contribution in [2.75, 3.05) is 38.3 Å². The fourth-order valence-corrected chi connectivity index (χ4v) is 1.71. The number of hydrogen-bond donors (Lipinski definition) is 2. The number of nitrogens with zero attached hydrogens (tertiary/aromatic N) is 1. The van der Waals surface area contributed by atoms with Gasteiger partial charge in [0, 0.05) is 11.8 Å². The number of nitrogen functional groups attached to an aromatic ring is 1. The van der Waals surface area contributed by atoms with Crippen molar-refractivity contribution in [2.24, 2.45) is 0 Å². The maximum absolute atomic E-state index is 11.8. The molecule has 0 saturated carbocycles. The molecule has 0 atom stereocenters. The number of ether oxygens (including phenoxy) is 1. The van der Waals surface area contributed by atoms with Crippen LogP contribution in [-0.2, 0) is 4.79 Å². The Hall–Kier alpha value is -1.75. The Bertz CT molecular complexity index is 407. The second-order valence-electron chi connectivity index (χ2n) is 4.25. The molecule has 0 heterocycles. The number of carbonyl (C=O) groups is 1. The Morgan fingerprint density at radius 1 is 1.50 bits per heavy atom. The van der Waals surface area contributed by atoms with Gasteiger partial charge in [0.15, 0.2) is 0 Å². The topological polar surface area (TPSA) is 67.6 Å². The van der Waals surface area contributed by atoms with Crippen LogP contribution in [0.2, 0.25) is 0 Å². The van der Waals surface area contributed by atoms with Gasteiger partial charge in [-0.2, -0.15) is 0 Å². The fraction of sp³-hybridized carbons (Fsp3) is 0.462. The molecule has 0 radical (unpaired) electrons. The first-order valence-electron chi connectivity index (χ1n) is 5.98.